The SMILES string of the molecule is COC(=O)/C(C)=C1/OC(=O)C(c2ccc(C(C)C)cc2)=C1OC. The van der Waals surface area contributed by atoms with Gasteiger partial charge in [0.1, 0.15) is 5.57 Å². The lowest BCUT2D eigenvalue weighted by atomic mass is 9.98. The fourth-order valence-corrected chi connectivity index (χ4v) is 2.37. The first-order chi connectivity index (χ1) is 10.9. The smallest absolute Gasteiger partial charge is 0.348 e. The van der Waals surface area contributed by atoms with Gasteiger partial charge in [-0.15, -0.1) is 0 Å². The molecule has 0 saturated heterocycles. The monoisotopic (exact) mass is 316 g/mol. The number of carbonyl (C=O) groups excluding carboxylic acids is 2. The van der Waals surface area contributed by atoms with E-state index in [0.717, 1.165) is 0 Å². The summed E-state index contributed by atoms with van der Waals surface area (Å²) in [6.45, 7) is 5.72. The zero-order valence-corrected chi connectivity index (χ0v) is 13.9. The molecule has 5 nitrogen and oxygen atoms in total. The Labute approximate surface area is 135 Å². The summed E-state index contributed by atoms with van der Waals surface area (Å²) in [5.41, 5.74) is 2.35. The van der Waals surface area contributed by atoms with Crippen LogP contribution in [0.25, 0.3) is 5.57 Å². The highest BCUT2D eigenvalue weighted by Crippen LogP contribution is 2.35. The van der Waals surface area contributed by atoms with Crippen LogP contribution in [0.5, 0.6) is 0 Å². The highest BCUT2D eigenvalue weighted by atomic mass is 16.6. The molecule has 1 aromatic carbocycles. The van der Waals surface area contributed by atoms with E-state index in [1.165, 1.54) is 26.7 Å². The number of ether oxygens (including phenoxy) is 3. The number of benzene rings is 1. The van der Waals surface area contributed by atoms with Crippen LogP contribution in [0.3, 0.4) is 0 Å². The van der Waals surface area contributed by atoms with E-state index in [1.807, 2.05) is 24.3 Å². The number of rotatable bonds is 4. The Morgan fingerprint density at radius 3 is 2.22 bits per heavy atom. The molecule has 0 aromatic heterocycles. The van der Waals surface area contributed by atoms with Gasteiger partial charge in [-0.3, -0.25) is 0 Å². The Bertz CT molecular complexity index is 693. The Kier molecular flexibility index (Phi) is 4.89. The van der Waals surface area contributed by atoms with E-state index in [0.29, 0.717) is 17.1 Å². The molecular formula is C18H20O5. The summed E-state index contributed by atoms with van der Waals surface area (Å²) < 4.78 is 15.2. The summed E-state index contributed by atoms with van der Waals surface area (Å²) in [4.78, 5) is 23.9. The van der Waals surface area contributed by atoms with Crippen LogP contribution in [0.4, 0.5) is 0 Å². The zero-order chi connectivity index (χ0) is 17.1. The third-order valence-electron chi connectivity index (χ3n) is 3.73. The minimum Gasteiger partial charge on any atom is -0.492 e. The molecule has 0 unspecified atom stereocenters. The summed E-state index contributed by atoms with van der Waals surface area (Å²) in [6, 6.07) is 7.62. The largest absolute Gasteiger partial charge is 0.492 e. The summed E-state index contributed by atoms with van der Waals surface area (Å²) >= 11 is 0. The standard InChI is InChI=1S/C18H20O5/c1-10(2)12-6-8-13(9-7-12)14-16(21-4)15(23-18(14)20)11(3)17(19)22-5/h6-10H,1-5H3/b15-11+. The lowest BCUT2D eigenvalue weighted by Crippen LogP contribution is -2.07. The molecule has 0 spiro atoms. The molecule has 0 atom stereocenters. The van der Waals surface area contributed by atoms with Crippen molar-refractivity contribution < 1.29 is 23.8 Å². The van der Waals surface area contributed by atoms with Gasteiger partial charge in [0.2, 0.25) is 0 Å². The molecule has 1 aromatic rings. The first-order valence-corrected chi connectivity index (χ1v) is 7.31. The zero-order valence-electron chi connectivity index (χ0n) is 13.9. The van der Waals surface area contributed by atoms with Gasteiger partial charge in [0.15, 0.2) is 11.5 Å². The highest BCUT2D eigenvalue weighted by molar-refractivity contribution is 6.21. The van der Waals surface area contributed by atoms with Crippen molar-refractivity contribution in [3.8, 4) is 0 Å². The molecule has 5 heteroatoms. The van der Waals surface area contributed by atoms with Crippen molar-refractivity contribution in [2.75, 3.05) is 14.2 Å². The number of carbonyl (C=O) groups is 2. The quantitative estimate of drug-likeness (QED) is 0.630. The van der Waals surface area contributed by atoms with Gasteiger partial charge in [0, 0.05) is 0 Å². The molecule has 0 amide bonds. The molecule has 0 radical (unpaired) electrons. The third kappa shape index (κ3) is 3.13. The molecule has 2 rings (SSSR count). The third-order valence-corrected chi connectivity index (χ3v) is 3.73. The summed E-state index contributed by atoms with van der Waals surface area (Å²) in [5, 5.41) is 0. The molecule has 0 bridgehead atoms. The van der Waals surface area contributed by atoms with Crippen LogP contribution in [-0.4, -0.2) is 26.2 Å². The van der Waals surface area contributed by atoms with Crippen molar-refractivity contribution in [1.29, 1.82) is 0 Å². The van der Waals surface area contributed by atoms with E-state index in [1.54, 1.807) is 0 Å². The predicted molar refractivity (Wildman–Crippen MR) is 85.3 cm³/mol. The van der Waals surface area contributed by atoms with E-state index in [2.05, 4.69) is 18.6 Å². The van der Waals surface area contributed by atoms with Crippen molar-refractivity contribution in [1.82, 2.24) is 0 Å². The molecule has 0 saturated carbocycles. The van der Waals surface area contributed by atoms with Crippen molar-refractivity contribution in [3.63, 3.8) is 0 Å². The molecule has 0 fully saturated rings. The minimum atomic E-state index is -0.571. The Morgan fingerprint density at radius 1 is 1.13 bits per heavy atom. The van der Waals surface area contributed by atoms with Gasteiger partial charge in [-0.2, -0.15) is 0 Å². The number of cyclic esters (lactones) is 1. The number of esters is 2. The van der Waals surface area contributed by atoms with Gasteiger partial charge in [0.25, 0.3) is 0 Å². The van der Waals surface area contributed by atoms with Crippen LogP contribution in [0.15, 0.2) is 41.4 Å². The van der Waals surface area contributed by atoms with Crippen LogP contribution in [0.2, 0.25) is 0 Å². The van der Waals surface area contributed by atoms with E-state index in [-0.39, 0.29) is 17.1 Å². The van der Waals surface area contributed by atoms with Crippen molar-refractivity contribution in [3.05, 3.63) is 52.5 Å². The fourth-order valence-electron chi connectivity index (χ4n) is 2.37. The second kappa shape index (κ2) is 6.69. The normalized spacial score (nSPS) is 16.5. The average Bonchev–Trinajstić information content (AvgIpc) is 2.89. The van der Waals surface area contributed by atoms with Crippen LogP contribution in [-0.2, 0) is 23.8 Å². The summed E-state index contributed by atoms with van der Waals surface area (Å²) in [5.74, 6) is -0.369. The van der Waals surface area contributed by atoms with Crippen LogP contribution in [0.1, 0.15) is 37.8 Å². The molecule has 1 heterocycles. The minimum absolute atomic E-state index is 0.104. The molecule has 0 aliphatic carbocycles. The maximum Gasteiger partial charge on any atom is 0.348 e. The molecular weight excluding hydrogens is 296 g/mol. The highest BCUT2D eigenvalue weighted by Gasteiger charge is 2.35. The number of hydrogen-bond acceptors (Lipinski definition) is 5. The lowest BCUT2D eigenvalue weighted by molar-refractivity contribution is -0.136. The lowest BCUT2D eigenvalue weighted by Gasteiger charge is -2.08. The van der Waals surface area contributed by atoms with Gasteiger partial charge >= 0.3 is 11.9 Å². The maximum atomic E-state index is 12.2. The second-order valence-electron chi connectivity index (χ2n) is 5.52. The second-order valence-corrected chi connectivity index (χ2v) is 5.52. The molecule has 122 valence electrons. The van der Waals surface area contributed by atoms with Crippen LogP contribution < -0.4 is 0 Å². The van der Waals surface area contributed by atoms with Crippen molar-refractivity contribution in [2.24, 2.45) is 0 Å². The van der Waals surface area contributed by atoms with Gasteiger partial charge in [-0.25, -0.2) is 9.59 Å². The van der Waals surface area contributed by atoms with E-state index in [9.17, 15) is 9.59 Å². The van der Waals surface area contributed by atoms with Gasteiger partial charge < -0.3 is 14.2 Å². The molecule has 1 aliphatic heterocycles. The first-order valence-electron chi connectivity index (χ1n) is 7.31. The molecule has 23 heavy (non-hydrogen) atoms. The van der Waals surface area contributed by atoms with E-state index < -0.39 is 11.9 Å². The van der Waals surface area contributed by atoms with Crippen molar-refractivity contribution in [2.45, 2.75) is 26.7 Å². The molecule has 1 aliphatic rings. The first kappa shape index (κ1) is 16.8. The summed E-state index contributed by atoms with van der Waals surface area (Å²) in [6.07, 6.45) is 0. The Balaban J connectivity index is 2.54. The average molecular weight is 316 g/mol. The number of methoxy groups -OCH3 is 2. The van der Waals surface area contributed by atoms with E-state index in [4.69, 9.17) is 9.47 Å². The molecule has 0 N–H and O–H groups in total. The van der Waals surface area contributed by atoms with Gasteiger partial charge in [-0.1, -0.05) is 38.1 Å². The number of hydrogen-bond donors (Lipinski definition) is 0. The Hall–Kier alpha value is -2.56. The maximum absolute atomic E-state index is 12.2. The van der Waals surface area contributed by atoms with Gasteiger partial charge in [0.05, 0.1) is 19.8 Å². The van der Waals surface area contributed by atoms with E-state index >= 15 is 0 Å². The van der Waals surface area contributed by atoms with Crippen molar-refractivity contribution >= 4 is 17.5 Å². The van der Waals surface area contributed by atoms with Crippen LogP contribution in [0, 0.1) is 0 Å². The summed E-state index contributed by atoms with van der Waals surface area (Å²) in [7, 11) is 2.70. The Morgan fingerprint density at radius 2 is 1.74 bits per heavy atom. The van der Waals surface area contributed by atoms with Gasteiger partial charge in [-0.05, 0) is 24.0 Å². The topological polar surface area (TPSA) is 61.8 Å². The van der Waals surface area contributed by atoms with Crippen LogP contribution >= 0.6 is 0 Å². The fraction of sp³-hybridized carbons (Fsp3) is 0.333. The predicted octanol–water partition coefficient (Wildman–Crippen LogP) is 3.17.